The molecule has 0 heterocycles. The molecule has 116 valence electrons. The maximum Gasteiger partial charge on any atom is 0.221 e. The van der Waals surface area contributed by atoms with Gasteiger partial charge < -0.3 is 15.3 Å². The van der Waals surface area contributed by atoms with Gasteiger partial charge in [-0.15, -0.1) is 0 Å². The van der Waals surface area contributed by atoms with Crippen LogP contribution in [0.5, 0.6) is 0 Å². The van der Waals surface area contributed by atoms with E-state index in [-0.39, 0.29) is 12.0 Å². The van der Waals surface area contributed by atoms with Crippen LogP contribution in [0.3, 0.4) is 0 Å². The second-order valence-electron chi connectivity index (χ2n) is 6.67. The lowest BCUT2D eigenvalue weighted by Gasteiger charge is -2.31. The number of carbonyl (C=O) groups is 1. The molecule has 2 fully saturated rings. The highest BCUT2D eigenvalue weighted by atomic mass is 16.3. The van der Waals surface area contributed by atoms with Crippen molar-refractivity contribution in [1.82, 2.24) is 10.2 Å². The molecule has 1 amide bonds. The molecule has 4 heteroatoms. The van der Waals surface area contributed by atoms with E-state index < -0.39 is 0 Å². The first-order valence-electron chi connectivity index (χ1n) is 8.31. The number of rotatable bonds is 6. The molecule has 0 aromatic rings. The first-order chi connectivity index (χ1) is 9.65. The summed E-state index contributed by atoms with van der Waals surface area (Å²) in [4.78, 5) is 14.1. The van der Waals surface area contributed by atoms with Gasteiger partial charge in [0.05, 0.1) is 6.10 Å². The molecule has 0 radical (unpaired) electrons. The first kappa shape index (κ1) is 15.8. The Labute approximate surface area is 122 Å². The zero-order chi connectivity index (χ0) is 14.4. The van der Waals surface area contributed by atoms with Crippen LogP contribution in [0.15, 0.2) is 0 Å². The van der Waals surface area contributed by atoms with Gasteiger partial charge in [-0.25, -0.2) is 0 Å². The molecule has 2 saturated carbocycles. The Morgan fingerprint density at radius 3 is 2.50 bits per heavy atom. The first-order valence-corrected chi connectivity index (χ1v) is 8.31. The zero-order valence-electron chi connectivity index (χ0n) is 12.8. The highest BCUT2D eigenvalue weighted by Gasteiger charge is 2.24. The average Bonchev–Trinajstić information content (AvgIpc) is 2.92. The second-order valence-corrected chi connectivity index (χ2v) is 6.67. The molecule has 2 aliphatic rings. The Balaban J connectivity index is 1.61. The van der Waals surface area contributed by atoms with Crippen molar-refractivity contribution in [1.29, 1.82) is 0 Å². The minimum atomic E-state index is -0.140. The molecule has 0 spiro atoms. The van der Waals surface area contributed by atoms with Crippen molar-refractivity contribution in [3.63, 3.8) is 0 Å². The fourth-order valence-electron chi connectivity index (χ4n) is 3.56. The molecule has 2 aliphatic carbocycles. The van der Waals surface area contributed by atoms with E-state index in [0.29, 0.717) is 18.4 Å². The summed E-state index contributed by atoms with van der Waals surface area (Å²) < 4.78 is 0. The van der Waals surface area contributed by atoms with Crippen molar-refractivity contribution in [2.45, 2.75) is 69.9 Å². The molecule has 2 rings (SSSR count). The number of hydrogen-bond acceptors (Lipinski definition) is 3. The largest absolute Gasteiger partial charge is 0.393 e. The lowest BCUT2D eigenvalue weighted by molar-refractivity contribution is -0.122. The number of nitrogens with zero attached hydrogens (tertiary/aromatic N) is 1. The summed E-state index contributed by atoms with van der Waals surface area (Å²) in [5.41, 5.74) is 0. The highest BCUT2D eigenvalue weighted by Crippen LogP contribution is 2.24. The van der Waals surface area contributed by atoms with Gasteiger partial charge in [-0.05, 0) is 38.6 Å². The van der Waals surface area contributed by atoms with E-state index in [1.807, 2.05) is 0 Å². The Bertz CT molecular complexity index is 303. The molecule has 0 aromatic heterocycles. The van der Waals surface area contributed by atoms with E-state index in [1.54, 1.807) is 0 Å². The van der Waals surface area contributed by atoms with E-state index >= 15 is 0 Å². The van der Waals surface area contributed by atoms with Gasteiger partial charge in [0.1, 0.15) is 0 Å². The van der Waals surface area contributed by atoms with Crippen LogP contribution in [-0.2, 0) is 4.79 Å². The van der Waals surface area contributed by atoms with Gasteiger partial charge >= 0.3 is 0 Å². The van der Waals surface area contributed by atoms with Crippen LogP contribution in [-0.4, -0.2) is 48.2 Å². The topological polar surface area (TPSA) is 52.6 Å². The number of nitrogens with one attached hydrogen (secondary N) is 1. The molecule has 4 nitrogen and oxygen atoms in total. The van der Waals surface area contributed by atoms with Crippen LogP contribution in [0.2, 0.25) is 0 Å². The van der Waals surface area contributed by atoms with Gasteiger partial charge in [0.2, 0.25) is 5.91 Å². The Morgan fingerprint density at radius 1 is 1.15 bits per heavy atom. The zero-order valence-corrected chi connectivity index (χ0v) is 12.8. The van der Waals surface area contributed by atoms with Crippen LogP contribution in [0.4, 0.5) is 0 Å². The molecule has 0 bridgehead atoms. The SMILES string of the molecule is CN(CCC(=O)NC1CCCC1)CC1CCCCC1O. The van der Waals surface area contributed by atoms with Gasteiger partial charge in [-0.2, -0.15) is 0 Å². The van der Waals surface area contributed by atoms with Crippen molar-refractivity contribution in [2.24, 2.45) is 5.92 Å². The standard InChI is InChI=1S/C16H30N2O2/c1-18(12-13-6-2-5-9-15(13)19)11-10-16(20)17-14-7-3-4-8-14/h13-15,19H,2-12H2,1H3,(H,17,20). The van der Waals surface area contributed by atoms with Crippen molar-refractivity contribution < 1.29 is 9.90 Å². The van der Waals surface area contributed by atoms with E-state index in [2.05, 4.69) is 17.3 Å². The number of carbonyl (C=O) groups excluding carboxylic acids is 1. The lowest BCUT2D eigenvalue weighted by Crippen LogP contribution is -2.38. The minimum Gasteiger partial charge on any atom is -0.393 e. The number of aliphatic hydroxyl groups is 1. The van der Waals surface area contributed by atoms with E-state index in [1.165, 1.54) is 19.3 Å². The Hall–Kier alpha value is -0.610. The van der Waals surface area contributed by atoms with E-state index in [0.717, 1.165) is 45.2 Å². The lowest BCUT2D eigenvalue weighted by atomic mass is 9.86. The molecular formula is C16H30N2O2. The van der Waals surface area contributed by atoms with Gasteiger partial charge in [0.15, 0.2) is 0 Å². The summed E-state index contributed by atoms with van der Waals surface area (Å²) in [5, 5.41) is 13.1. The molecule has 0 saturated heterocycles. The van der Waals surface area contributed by atoms with E-state index in [9.17, 15) is 9.90 Å². The number of aliphatic hydroxyl groups excluding tert-OH is 1. The van der Waals surface area contributed by atoms with Crippen molar-refractivity contribution >= 4 is 5.91 Å². The highest BCUT2D eigenvalue weighted by molar-refractivity contribution is 5.76. The van der Waals surface area contributed by atoms with Gasteiger partial charge in [0.25, 0.3) is 0 Å². The van der Waals surface area contributed by atoms with Crippen LogP contribution in [0, 0.1) is 5.92 Å². The maximum absolute atomic E-state index is 11.9. The molecule has 2 atom stereocenters. The van der Waals surface area contributed by atoms with Gasteiger partial charge in [0, 0.05) is 25.6 Å². The molecule has 0 aromatic carbocycles. The monoisotopic (exact) mass is 282 g/mol. The fraction of sp³-hybridized carbons (Fsp3) is 0.938. The summed E-state index contributed by atoms with van der Waals surface area (Å²) in [6.45, 7) is 1.71. The quantitative estimate of drug-likeness (QED) is 0.782. The predicted molar refractivity (Wildman–Crippen MR) is 80.5 cm³/mol. The van der Waals surface area contributed by atoms with Crippen LogP contribution >= 0.6 is 0 Å². The van der Waals surface area contributed by atoms with Crippen LogP contribution < -0.4 is 5.32 Å². The maximum atomic E-state index is 11.9. The summed E-state index contributed by atoms with van der Waals surface area (Å²) >= 11 is 0. The predicted octanol–water partition coefficient (Wildman–Crippen LogP) is 1.92. The van der Waals surface area contributed by atoms with Crippen LogP contribution in [0.1, 0.15) is 57.8 Å². The van der Waals surface area contributed by atoms with Gasteiger partial charge in [-0.3, -0.25) is 4.79 Å². The second kappa shape index (κ2) is 7.99. The van der Waals surface area contributed by atoms with Crippen LogP contribution in [0.25, 0.3) is 0 Å². The van der Waals surface area contributed by atoms with Crippen molar-refractivity contribution in [2.75, 3.05) is 20.1 Å². The van der Waals surface area contributed by atoms with Gasteiger partial charge in [-0.1, -0.05) is 25.7 Å². The molecule has 2 unspecified atom stereocenters. The molecule has 0 aliphatic heterocycles. The third-order valence-electron chi connectivity index (χ3n) is 4.86. The third kappa shape index (κ3) is 5.06. The Kier molecular flexibility index (Phi) is 6.30. The average molecular weight is 282 g/mol. The van der Waals surface area contributed by atoms with E-state index in [4.69, 9.17) is 0 Å². The molecular weight excluding hydrogens is 252 g/mol. The number of hydrogen-bond donors (Lipinski definition) is 2. The Morgan fingerprint density at radius 2 is 1.80 bits per heavy atom. The summed E-state index contributed by atoms with van der Waals surface area (Å²) in [6.07, 6.45) is 9.71. The number of amides is 1. The molecule has 20 heavy (non-hydrogen) atoms. The minimum absolute atomic E-state index is 0.140. The summed E-state index contributed by atoms with van der Waals surface area (Å²) in [7, 11) is 2.06. The fourth-order valence-corrected chi connectivity index (χ4v) is 3.56. The van der Waals surface area contributed by atoms with Crippen molar-refractivity contribution in [3.05, 3.63) is 0 Å². The summed E-state index contributed by atoms with van der Waals surface area (Å²) in [6, 6.07) is 0.424. The van der Waals surface area contributed by atoms with Crippen molar-refractivity contribution in [3.8, 4) is 0 Å². The molecule has 2 N–H and O–H groups in total. The summed E-state index contributed by atoms with van der Waals surface area (Å²) in [5.74, 6) is 0.583. The smallest absolute Gasteiger partial charge is 0.221 e. The normalized spacial score (nSPS) is 27.9. The third-order valence-corrected chi connectivity index (χ3v) is 4.86.